The Labute approximate surface area is 249 Å². The number of hydrogen-bond donors (Lipinski definition) is 2. The lowest BCUT2D eigenvalue weighted by Crippen LogP contribution is -2.63. The molecule has 1 aliphatic carbocycles. The van der Waals surface area contributed by atoms with E-state index < -0.39 is 17.2 Å². The molecule has 1 saturated heterocycles. The molecule has 2 aliphatic rings. The minimum atomic E-state index is -0.811. The highest BCUT2D eigenvalue weighted by Crippen LogP contribution is 2.45. The van der Waals surface area contributed by atoms with Crippen LogP contribution in [0.1, 0.15) is 60.4 Å². The summed E-state index contributed by atoms with van der Waals surface area (Å²) in [4.78, 5) is 30.3. The zero-order valence-electron chi connectivity index (χ0n) is 23.0. The second-order valence-corrected chi connectivity index (χ2v) is 12.8. The molecule has 13 heteroatoms. The molecule has 1 saturated carbocycles. The molecular formula is C28H31F2IN8O2. The van der Waals surface area contributed by atoms with Crippen molar-refractivity contribution >= 4 is 56.8 Å². The van der Waals surface area contributed by atoms with Crippen LogP contribution in [-0.4, -0.2) is 70.3 Å². The van der Waals surface area contributed by atoms with Crippen LogP contribution in [0.5, 0.6) is 0 Å². The second kappa shape index (κ2) is 10.3. The molecular weight excluding hydrogens is 645 g/mol. The van der Waals surface area contributed by atoms with Crippen molar-refractivity contribution in [1.82, 2.24) is 29.5 Å². The number of anilines is 2. The summed E-state index contributed by atoms with van der Waals surface area (Å²) in [7, 11) is 1.77. The van der Waals surface area contributed by atoms with Crippen LogP contribution in [0.3, 0.4) is 0 Å². The molecule has 0 spiro atoms. The Bertz CT molecular complexity index is 1670. The third-order valence-corrected chi connectivity index (χ3v) is 9.71. The number of hydrogen-bond acceptors (Lipinski definition) is 8. The van der Waals surface area contributed by atoms with Gasteiger partial charge >= 0.3 is 0 Å². The fourth-order valence-electron chi connectivity index (χ4n) is 5.52. The summed E-state index contributed by atoms with van der Waals surface area (Å²) in [5.41, 5.74) is 6.78. The number of amides is 1. The van der Waals surface area contributed by atoms with E-state index in [0.29, 0.717) is 48.9 Å². The van der Waals surface area contributed by atoms with Gasteiger partial charge in [0.1, 0.15) is 22.8 Å². The SMILES string of the molecule is Cc1nc(N2CC(O)(C3CC3)C2)ccc1C(=O)N(C)[C@@H](I)CC[C@H](C)c1nc2c3cc(F)cc(F)c3nc(N)n2n1. The lowest BCUT2D eigenvalue weighted by Gasteiger charge is -2.47. The average Bonchev–Trinajstić information content (AvgIpc) is 3.67. The van der Waals surface area contributed by atoms with Crippen LogP contribution < -0.4 is 10.6 Å². The number of carbonyl (C=O) groups excluding carboxylic acids is 1. The Morgan fingerprint density at radius 3 is 2.63 bits per heavy atom. The molecule has 1 aromatic carbocycles. The number of nitrogens with zero attached hydrogens (tertiary/aromatic N) is 7. The molecule has 4 aromatic rings. The Kier molecular flexibility index (Phi) is 6.99. The van der Waals surface area contributed by atoms with Gasteiger partial charge in [-0.25, -0.2) is 23.7 Å². The number of nitrogens with two attached hydrogens (primary N) is 1. The molecule has 41 heavy (non-hydrogen) atoms. The van der Waals surface area contributed by atoms with Crippen molar-refractivity contribution < 1.29 is 18.7 Å². The van der Waals surface area contributed by atoms with E-state index in [1.54, 1.807) is 11.9 Å². The highest BCUT2D eigenvalue weighted by Gasteiger charge is 2.52. The van der Waals surface area contributed by atoms with Crippen molar-refractivity contribution in [1.29, 1.82) is 0 Å². The number of halogens is 3. The maximum atomic E-state index is 14.3. The summed E-state index contributed by atoms with van der Waals surface area (Å²) >= 11 is 2.25. The van der Waals surface area contributed by atoms with Crippen LogP contribution in [0, 0.1) is 24.5 Å². The monoisotopic (exact) mass is 676 g/mol. The van der Waals surface area contributed by atoms with Crippen molar-refractivity contribution in [3.63, 3.8) is 0 Å². The van der Waals surface area contributed by atoms with Gasteiger partial charge in [-0.1, -0.05) is 29.5 Å². The van der Waals surface area contributed by atoms with Gasteiger partial charge in [-0.15, -0.1) is 5.10 Å². The topological polar surface area (TPSA) is 126 Å². The van der Waals surface area contributed by atoms with Gasteiger partial charge in [-0.2, -0.15) is 4.52 Å². The quantitative estimate of drug-likeness (QED) is 0.162. The molecule has 1 amide bonds. The summed E-state index contributed by atoms with van der Waals surface area (Å²) < 4.78 is 29.4. The number of rotatable bonds is 8. The van der Waals surface area contributed by atoms with Gasteiger partial charge in [0, 0.05) is 19.0 Å². The normalized spacial score (nSPS) is 18.0. The van der Waals surface area contributed by atoms with E-state index in [2.05, 4.69) is 47.5 Å². The summed E-state index contributed by atoms with van der Waals surface area (Å²) in [5.74, 6) is -0.154. The van der Waals surface area contributed by atoms with Gasteiger partial charge in [-0.3, -0.25) is 4.79 Å². The fourth-order valence-corrected chi connectivity index (χ4v) is 6.13. The van der Waals surface area contributed by atoms with E-state index in [0.717, 1.165) is 24.7 Å². The number of aryl methyl sites for hydroxylation is 1. The molecule has 10 nitrogen and oxygen atoms in total. The molecule has 2 fully saturated rings. The number of carbonyl (C=O) groups is 1. The van der Waals surface area contributed by atoms with Gasteiger partial charge in [0.05, 0.1) is 33.8 Å². The van der Waals surface area contributed by atoms with Crippen LogP contribution >= 0.6 is 22.6 Å². The summed E-state index contributed by atoms with van der Waals surface area (Å²) in [6.45, 7) is 4.96. The van der Waals surface area contributed by atoms with E-state index in [1.807, 2.05) is 26.0 Å². The minimum absolute atomic E-state index is 0.0382. The minimum Gasteiger partial charge on any atom is -0.386 e. The Morgan fingerprint density at radius 1 is 1.22 bits per heavy atom. The maximum absolute atomic E-state index is 14.3. The number of nitrogen functional groups attached to an aromatic ring is 1. The first kappa shape index (κ1) is 27.9. The lowest BCUT2D eigenvalue weighted by molar-refractivity contribution is -0.00976. The first-order valence-electron chi connectivity index (χ1n) is 13.6. The summed E-state index contributed by atoms with van der Waals surface area (Å²) in [5, 5.41) is 15.3. The first-order chi connectivity index (χ1) is 19.4. The standard InChI is InChI=1S/C28H31F2IN8O2/c1-14(24-35-25-19-10-17(29)11-20(30)23(19)34-27(32)39(25)36-24)4-8-21(31)37(3)26(40)18-7-9-22(33-15(18)2)38-12-28(41,13-38)16-5-6-16/h7,9-11,14,16,21,41H,4-6,8,12-13H2,1-3H3,(H2,32,34)/t14-,21+/m0/s1. The predicted octanol–water partition coefficient (Wildman–Crippen LogP) is 4.22. The van der Waals surface area contributed by atoms with E-state index >= 15 is 0 Å². The average molecular weight is 677 g/mol. The van der Waals surface area contributed by atoms with Gasteiger partial charge in [0.25, 0.3) is 5.91 Å². The van der Waals surface area contributed by atoms with Crippen molar-refractivity contribution in [2.45, 2.75) is 55.1 Å². The third-order valence-electron chi connectivity index (χ3n) is 8.25. The highest BCUT2D eigenvalue weighted by molar-refractivity contribution is 14.1. The van der Waals surface area contributed by atoms with Crippen molar-refractivity contribution in [3.05, 3.63) is 53.0 Å². The van der Waals surface area contributed by atoms with Crippen molar-refractivity contribution in [2.75, 3.05) is 30.8 Å². The van der Waals surface area contributed by atoms with Crippen LogP contribution in [0.25, 0.3) is 16.6 Å². The van der Waals surface area contributed by atoms with Crippen LogP contribution in [-0.2, 0) is 0 Å². The zero-order chi connectivity index (χ0) is 29.2. The van der Waals surface area contributed by atoms with E-state index in [9.17, 15) is 18.7 Å². The molecule has 3 N–H and O–H groups in total. The molecule has 3 aromatic heterocycles. The number of pyridine rings is 1. The number of fused-ring (bicyclic) bond motifs is 3. The maximum Gasteiger partial charge on any atom is 0.256 e. The van der Waals surface area contributed by atoms with Gasteiger partial charge in [0.2, 0.25) is 5.95 Å². The first-order valence-corrected chi connectivity index (χ1v) is 14.9. The van der Waals surface area contributed by atoms with Crippen molar-refractivity contribution in [2.24, 2.45) is 5.92 Å². The predicted molar refractivity (Wildman–Crippen MR) is 159 cm³/mol. The Morgan fingerprint density at radius 2 is 1.95 bits per heavy atom. The molecule has 0 bridgehead atoms. The van der Waals surface area contributed by atoms with E-state index in [-0.39, 0.29) is 38.4 Å². The summed E-state index contributed by atoms with van der Waals surface area (Å²) in [6, 6.07) is 5.59. The van der Waals surface area contributed by atoms with Crippen LogP contribution in [0.2, 0.25) is 0 Å². The molecule has 216 valence electrons. The van der Waals surface area contributed by atoms with Gasteiger partial charge < -0.3 is 20.6 Å². The molecule has 0 unspecified atom stereocenters. The van der Waals surface area contributed by atoms with Gasteiger partial charge in [-0.05, 0) is 56.7 Å². The number of aromatic nitrogens is 5. The van der Waals surface area contributed by atoms with E-state index in [4.69, 9.17) is 5.73 Å². The molecule has 2 atom stereocenters. The Balaban J connectivity index is 1.11. The number of aliphatic hydroxyl groups is 1. The van der Waals surface area contributed by atoms with E-state index in [1.165, 1.54) is 10.6 Å². The number of benzene rings is 1. The lowest BCUT2D eigenvalue weighted by atomic mass is 9.89. The molecule has 1 aliphatic heterocycles. The van der Waals surface area contributed by atoms with Crippen LogP contribution in [0.4, 0.5) is 20.5 Å². The number of alkyl halides is 1. The molecule has 6 rings (SSSR count). The largest absolute Gasteiger partial charge is 0.386 e. The van der Waals surface area contributed by atoms with Crippen molar-refractivity contribution in [3.8, 4) is 0 Å². The highest BCUT2D eigenvalue weighted by atomic mass is 127. The Hall–Kier alpha value is -3.20. The smallest absolute Gasteiger partial charge is 0.256 e. The second-order valence-electron chi connectivity index (χ2n) is 11.3. The van der Waals surface area contributed by atoms with Crippen LogP contribution in [0.15, 0.2) is 24.3 Å². The zero-order valence-corrected chi connectivity index (χ0v) is 25.1. The number of β-amino-alcohol motifs (C(OH)–C–C–N with tert-alkyl or cyclic N) is 1. The molecule has 4 heterocycles. The molecule has 0 radical (unpaired) electrons. The summed E-state index contributed by atoms with van der Waals surface area (Å²) in [6.07, 6.45) is 3.50. The fraction of sp³-hybridized carbons (Fsp3) is 0.464. The van der Waals surface area contributed by atoms with Gasteiger partial charge in [0.15, 0.2) is 17.3 Å². The third kappa shape index (κ3) is 5.07.